The highest BCUT2D eigenvalue weighted by Crippen LogP contribution is 2.22. The first-order chi connectivity index (χ1) is 10.9. The number of para-hydroxylation sites is 1. The van der Waals surface area contributed by atoms with E-state index >= 15 is 0 Å². The number of ketones is 1. The lowest BCUT2D eigenvalue weighted by molar-refractivity contribution is -0.130. The van der Waals surface area contributed by atoms with Crippen molar-refractivity contribution in [3.8, 4) is 0 Å². The number of benzene rings is 1. The van der Waals surface area contributed by atoms with Gasteiger partial charge < -0.3 is 5.32 Å². The van der Waals surface area contributed by atoms with Gasteiger partial charge in [-0.25, -0.2) is 0 Å². The van der Waals surface area contributed by atoms with Crippen molar-refractivity contribution < 1.29 is 9.59 Å². The Labute approximate surface area is 138 Å². The first-order valence-electron chi connectivity index (χ1n) is 7.77. The number of carbonyl (C=O) groups is 2. The summed E-state index contributed by atoms with van der Waals surface area (Å²) in [5.74, 6) is -1.34. The number of rotatable bonds is 7. The number of anilines is 1. The Morgan fingerprint density at radius 2 is 1.78 bits per heavy atom. The zero-order valence-corrected chi connectivity index (χ0v) is 14.3. The lowest BCUT2D eigenvalue weighted by Crippen LogP contribution is -2.34. The molecule has 0 aliphatic rings. The third-order valence-corrected chi connectivity index (χ3v) is 3.45. The minimum Gasteiger partial charge on any atom is -0.325 e. The number of hydrogen-bond acceptors (Lipinski definition) is 2. The maximum Gasteiger partial charge on any atom is 0.235 e. The zero-order chi connectivity index (χ0) is 17.4. The van der Waals surface area contributed by atoms with E-state index in [-0.39, 0.29) is 17.6 Å². The van der Waals surface area contributed by atoms with Crippen LogP contribution in [0.25, 0.3) is 0 Å². The van der Waals surface area contributed by atoms with E-state index in [1.54, 1.807) is 31.2 Å². The quantitative estimate of drug-likeness (QED) is 0.456. The molecule has 0 aromatic heterocycles. The van der Waals surface area contributed by atoms with Gasteiger partial charge in [0, 0.05) is 11.3 Å². The molecule has 0 heterocycles. The van der Waals surface area contributed by atoms with Crippen LogP contribution >= 0.6 is 0 Å². The van der Waals surface area contributed by atoms with Crippen LogP contribution < -0.4 is 5.32 Å². The van der Waals surface area contributed by atoms with E-state index in [1.807, 2.05) is 45.0 Å². The Hall–Kier alpha value is -2.42. The Kier molecular flexibility index (Phi) is 7.20. The first-order valence-corrected chi connectivity index (χ1v) is 7.77. The van der Waals surface area contributed by atoms with E-state index in [0.29, 0.717) is 16.8 Å². The minimum atomic E-state index is -0.747. The molecule has 23 heavy (non-hydrogen) atoms. The van der Waals surface area contributed by atoms with Crippen molar-refractivity contribution in [3.63, 3.8) is 0 Å². The summed E-state index contributed by atoms with van der Waals surface area (Å²) in [7, 11) is 0. The summed E-state index contributed by atoms with van der Waals surface area (Å²) in [6.45, 7) is 11.3. The summed E-state index contributed by atoms with van der Waals surface area (Å²) in [4.78, 5) is 25.4. The maximum atomic E-state index is 12.8. The highest BCUT2D eigenvalue weighted by atomic mass is 16.2. The average Bonchev–Trinajstić information content (AvgIpc) is 2.48. The fourth-order valence-corrected chi connectivity index (χ4v) is 2.26. The third kappa shape index (κ3) is 5.37. The molecule has 1 aromatic rings. The number of carbonyl (C=O) groups excluding carboxylic acids is 2. The van der Waals surface area contributed by atoms with E-state index in [4.69, 9.17) is 0 Å². The maximum absolute atomic E-state index is 12.8. The standard InChI is InChI=1S/C20H25NO2/c1-6-7-13-17(14(2)3)19(22)18(15(4)5)20(23)21-16-11-9-8-10-12-16/h6-13,15,18H,2H2,1,3-5H3,(H,21,23)/b7-6?,17-13+. The molecule has 3 nitrogen and oxygen atoms in total. The summed E-state index contributed by atoms with van der Waals surface area (Å²) >= 11 is 0. The molecule has 0 fully saturated rings. The zero-order valence-electron chi connectivity index (χ0n) is 14.3. The predicted molar refractivity (Wildman–Crippen MR) is 96.1 cm³/mol. The molecule has 1 aromatic carbocycles. The van der Waals surface area contributed by atoms with E-state index < -0.39 is 5.92 Å². The van der Waals surface area contributed by atoms with Crippen LogP contribution in [0.15, 0.2) is 66.3 Å². The molecule has 0 bridgehead atoms. The van der Waals surface area contributed by atoms with Crippen LogP contribution in [0.5, 0.6) is 0 Å². The van der Waals surface area contributed by atoms with Crippen molar-refractivity contribution in [2.45, 2.75) is 27.7 Å². The van der Waals surface area contributed by atoms with E-state index in [9.17, 15) is 9.59 Å². The Balaban J connectivity index is 3.07. The summed E-state index contributed by atoms with van der Waals surface area (Å²) in [5, 5.41) is 2.82. The van der Waals surface area contributed by atoms with Gasteiger partial charge in [0.15, 0.2) is 5.78 Å². The molecule has 1 atom stereocenters. The van der Waals surface area contributed by atoms with Crippen molar-refractivity contribution in [2.24, 2.45) is 11.8 Å². The molecule has 3 heteroatoms. The van der Waals surface area contributed by atoms with Gasteiger partial charge in [-0.1, -0.05) is 56.9 Å². The Morgan fingerprint density at radius 1 is 1.17 bits per heavy atom. The normalized spacial score (nSPS) is 13.2. The Bertz CT molecular complexity index is 624. The fourth-order valence-electron chi connectivity index (χ4n) is 2.26. The van der Waals surface area contributed by atoms with Crippen LogP contribution in [0, 0.1) is 11.8 Å². The van der Waals surface area contributed by atoms with Crippen LogP contribution in [-0.2, 0) is 9.59 Å². The van der Waals surface area contributed by atoms with E-state index in [1.165, 1.54) is 0 Å². The average molecular weight is 311 g/mol. The van der Waals surface area contributed by atoms with Gasteiger partial charge in [-0.2, -0.15) is 0 Å². The summed E-state index contributed by atoms with van der Waals surface area (Å²) < 4.78 is 0. The largest absolute Gasteiger partial charge is 0.325 e. The number of nitrogens with one attached hydrogen (secondary N) is 1. The number of hydrogen-bond donors (Lipinski definition) is 1. The van der Waals surface area contributed by atoms with Gasteiger partial charge >= 0.3 is 0 Å². The second-order valence-electron chi connectivity index (χ2n) is 5.83. The minimum absolute atomic E-state index is 0.112. The van der Waals surface area contributed by atoms with Crippen LogP contribution in [0.4, 0.5) is 5.69 Å². The van der Waals surface area contributed by atoms with Gasteiger partial charge in [-0.05, 0) is 37.5 Å². The monoisotopic (exact) mass is 311 g/mol. The molecule has 0 aliphatic carbocycles. The van der Waals surface area contributed by atoms with Gasteiger partial charge in [-0.3, -0.25) is 9.59 Å². The molecule has 0 saturated heterocycles. The van der Waals surface area contributed by atoms with Gasteiger partial charge in [0.2, 0.25) is 5.91 Å². The van der Waals surface area contributed by atoms with E-state index in [0.717, 1.165) is 0 Å². The smallest absolute Gasteiger partial charge is 0.235 e. The number of amides is 1. The van der Waals surface area contributed by atoms with Crippen LogP contribution in [0.2, 0.25) is 0 Å². The fraction of sp³-hybridized carbons (Fsp3) is 0.300. The van der Waals surface area contributed by atoms with Crippen molar-refractivity contribution >= 4 is 17.4 Å². The molecule has 122 valence electrons. The van der Waals surface area contributed by atoms with Crippen LogP contribution in [-0.4, -0.2) is 11.7 Å². The molecule has 1 unspecified atom stereocenters. The van der Waals surface area contributed by atoms with Crippen molar-refractivity contribution in [1.82, 2.24) is 0 Å². The second-order valence-corrected chi connectivity index (χ2v) is 5.83. The van der Waals surface area contributed by atoms with Crippen molar-refractivity contribution in [3.05, 3.63) is 66.3 Å². The SMILES string of the molecule is C=C(C)/C(=C\C=CC)C(=O)C(C(=O)Nc1ccccc1)C(C)C. The molecule has 0 spiro atoms. The topological polar surface area (TPSA) is 46.2 Å². The van der Waals surface area contributed by atoms with Crippen LogP contribution in [0.3, 0.4) is 0 Å². The third-order valence-electron chi connectivity index (χ3n) is 3.45. The molecule has 0 aliphatic heterocycles. The molecule has 1 amide bonds. The molecule has 0 radical (unpaired) electrons. The summed E-state index contributed by atoms with van der Waals surface area (Å²) in [6.07, 6.45) is 5.34. The highest BCUT2D eigenvalue weighted by molar-refractivity contribution is 6.15. The van der Waals surface area contributed by atoms with Gasteiger partial charge in [0.05, 0.1) is 0 Å². The summed E-state index contributed by atoms with van der Waals surface area (Å²) in [5.41, 5.74) is 1.83. The van der Waals surface area contributed by atoms with Crippen molar-refractivity contribution in [1.29, 1.82) is 0 Å². The number of Topliss-reactive ketones (excluding diaryl/α,β-unsaturated/α-hetero) is 1. The molecule has 1 N–H and O–H groups in total. The molecule has 0 saturated carbocycles. The number of allylic oxidation sites excluding steroid dienone is 5. The van der Waals surface area contributed by atoms with Crippen LogP contribution in [0.1, 0.15) is 27.7 Å². The molecular formula is C20H25NO2. The molecule has 1 rings (SSSR count). The highest BCUT2D eigenvalue weighted by Gasteiger charge is 2.31. The predicted octanol–water partition coefficient (Wildman–Crippen LogP) is 4.55. The first kappa shape index (κ1) is 18.6. The van der Waals surface area contributed by atoms with Gasteiger partial charge in [0.25, 0.3) is 0 Å². The lowest BCUT2D eigenvalue weighted by Gasteiger charge is -2.20. The van der Waals surface area contributed by atoms with E-state index in [2.05, 4.69) is 11.9 Å². The Morgan fingerprint density at radius 3 is 2.26 bits per heavy atom. The second kappa shape index (κ2) is 8.89. The lowest BCUT2D eigenvalue weighted by atomic mass is 9.85. The van der Waals surface area contributed by atoms with Gasteiger partial charge in [0.1, 0.15) is 5.92 Å². The van der Waals surface area contributed by atoms with Gasteiger partial charge in [-0.15, -0.1) is 0 Å². The summed E-state index contributed by atoms with van der Waals surface area (Å²) in [6, 6.07) is 9.16. The van der Waals surface area contributed by atoms with Crippen molar-refractivity contribution in [2.75, 3.05) is 5.32 Å². The molecular weight excluding hydrogens is 286 g/mol.